The molecule has 3 aromatic carbocycles. The van der Waals surface area contributed by atoms with E-state index in [9.17, 15) is 0 Å². The van der Waals surface area contributed by atoms with Crippen LogP contribution in [0.2, 0.25) is 0 Å². The van der Waals surface area contributed by atoms with Gasteiger partial charge in [0.25, 0.3) is 0 Å². The number of fused-ring (bicyclic) bond motifs is 6. The SMILES string of the molecule is CC(C)c1ncc(-c2ccc3c(c2)c2c(c4cc(-c5cnc(C(C)C)[nH]5)ccc43)CCCCCCCC2)[nH]1. The average molecular weight is 505 g/mol. The minimum atomic E-state index is 0.390. The molecule has 0 aliphatic heterocycles. The van der Waals surface area contributed by atoms with Gasteiger partial charge in [-0.25, -0.2) is 9.97 Å². The zero-order chi connectivity index (χ0) is 26.2. The fourth-order valence-corrected chi connectivity index (χ4v) is 6.15. The van der Waals surface area contributed by atoms with Gasteiger partial charge < -0.3 is 9.97 Å². The first-order valence-electron chi connectivity index (χ1n) is 14.6. The maximum absolute atomic E-state index is 4.65. The Morgan fingerprint density at radius 1 is 0.553 bits per heavy atom. The fourth-order valence-electron chi connectivity index (χ4n) is 6.15. The molecule has 38 heavy (non-hydrogen) atoms. The standard InChI is InChI=1S/C34H40N4/c1-21(2)33-35-19-31(37-33)23-13-15-27-28-16-14-24(32-20-36-34(38-32)22(3)4)18-30(28)26-12-10-8-6-5-7-9-11-25(26)29(27)17-23/h13-22H,5-12H2,1-4H3,(H,35,37)(H,36,38). The second-order valence-electron chi connectivity index (χ2n) is 11.8. The number of benzene rings is 3. The topological polar surface area (TPSA) is 57.4 Å². The van der Waals surface area contributed by atoms with E-state index < -0.39 is 0 Å². The van der Waals surface area contributed by atoms with E-state index in [2.05, 4.69) is 84.0 Å². The van der Waals surface area contributed by atoms with Crippen LogP contribution in [-0.4, -0.2) is 19.9 Å². The summed E-state index contributed by atoms with van der Waals surface area (Å²) in [6.07, 6.45) is 14.2. The molecule has 5 aromatic rings. The van der Waals surface area contributed by atoms with Gasteiger partial charge in [-0.2, -0.15) is 0 Å². The molecule has 2 aromatic heterocycles. The van der Waals surface area contributed by atoms with Crippen molar-refractivity contribution < 1.29 is 0 Å². The number of hydrogen-bond acceptors (Lipinski definition) is 2. The van der Waals surface area contributed by atoms with E-state index in [-0.39, 0.29) is 0 Å². The van der Waals surface area contributed by atoms with Gasteiger partial charge in [0.05, 0.1) is 23.8 Å². The van der Waals surface area contributed by atoms with Crippen molar-refractivity contribution in [3.05, 3.63) is 71.6 Å². The average Bonchev–Trinajstić information content (AvgIpc) is 3.62. The molecule has 0 bridgehead atoms. The Bertz CT molecular complexity index is 1460. The molecule has 0 radical (unpaired) electrons. The summed E-state index contributed by atoms with van der Waals surface area (Å²) in [5.74, 6) is 2.88. The molecule has 196 valence electrons. The predicted molar refractivity (Wildman–Crippen MR) is 160 cm³/mol. The van der Waals surface area contributed by atoms with Gasteiger partial charge in [0, 0.05) is 23.0 Å². The van der Waals surface area contributed by atoms with Gasteiger partial charge in [-0.3, -0.25) is 0 Å². The molecule has 2 N–H and O–H groups in total. The Balaban J connectivity index is 1.56. The highest BCUT2D eigenvalue weighted by Gasteiger charge is 2.18. The molecule has 4 heteroatoms. The Morgan fingerprint density at radius 3 is 1.37 bits per heavy atom. The number of nitrogens with one attached hydrogen (secondary N) is 2. The third-order valence-electron chi connectivity index (χ3n) is 8.35. The quantitative estimate of drug-likeness (QED) is 0.239. The first kappa shape index (κ1) is 24.9. The fraction of sp³-hybridized carbons (Fsp3) is 0.412. The van der Waals surface area contributed by atoms with E-state index in [0.717, 1.165) is 35.9 Å². The van der Waals surface area contributed by atoms with Crippen LogP contribution in [0.15, 0.2) is 48.8 Å². The van der Waals surface area contributed by atoms with Gasteiger partial charge in [0.1, 0.15) is 11.6 Å². The van der Waals surface area contributed by atoms with E-state index in [0.29, 0.717) is 11.8 Å². The number of imidazole rings is 2. The number of aromatic nitrogens is 4. The highest BCUT2D eigenvalue weighted by Crippen LogP contribution is 2.39. The van der Waals surface area contributed by atoms with Crippen LogP contribution in [0.5, 0.6) is 0 Å². The zero-order valence-corrected chi connectivity index (χ0v) is 23.3. The van der Waals surface area contributed by atoms with Crippen LogP contribution in [0.4, 0.5) is 0 Å². The first-order valence-corrected chi connectivity index (χ1v) is 14.6. The predicted octanol–water partition coefficient (Wildman–Crippen LogP) is 9.46. The van der Waals surface area contributed by atoms with Crippen molar-refractivity contribution in [2.75, 3.05) is 0 Å². The van der Waals surface area contributed by atoms with Gasteiger partial charge in [0.15, 0.2) is 0 Å². The minimum absolute atomic E-state index is 0.390. The van der Waals surface area contributed by atoms with Crippen LogP contribution in [0.1, 0.15) is 101 Å². The van der Waals surface area contributed by atoms with Gasteiger partial charge in [-0.15, -0.1) is 0 Å². The van der Waals surface area contributed by atoms with Crippen LogP contribution in [0, 0.1) is 0 Å². The lowest BCUT2D eigenvalue weighted by molar-refractivity contribution is 0.583. The van der Waals surface area contributed by atoms with Crippen molar-refractivity contribution in [2.45, 2.75) is 90.9 Å². The Morgan fingerprint density at radius 2 is 0.974 bits per heavy atom. The molecule has 0 unspecified atom stereocenters. The number of nitrogens with zero attached hydrogens (tertiary/aromatic N) is 2. The van der Waals surface area contributed by atoms with Gasteiger partial charge in [-0.05, 0) is 70.5 Å². The van der Waals surface area contributed by atoms with Crippen LogP contribution in [-0.2, 0) is 12.8 Å². The molecule has 0 saturated heterocycles. The number of hydrogen-bond donors (Lipinski definition) is 2. The molecule has 6 rings (SSSR count). The second kappa shape index (κ2) is 10.4. The van der Waals surface area contributed by atoms with Gasteiger partial charge in [0.2, 0.25) is 0 Å². The van der Waals surface area contributed by atoms with Crippen molar-refractivity contribution in [3.8, 4) is 22.5 Å². The summed E-state index contributed by atoms with van der Waals surface area (Å²) in [5.41, 5.74) is 7.80. The molecule has 4 nitrogen and oxygen atoms in total. The lowest BCUT2D eigenvalue weighted by Gasteiger charge is -2.20. The van der Waals surface area contributed by atoms with Crippen LogP contribution < -0.4 is 0 Å². The number of rotatable bonds is 4. The van der Waals surface area contributed by atoms with E-state index in [4.69, 9.17) is 0 Å². The minimum Gasteiger partial charge on any atom is -0.342 e. The molecule has 1 aliphatic rings. The van der Waals surface area contributed by atoms with Gasteiger partial charge in [-0.1, -0.05) is 77.6 Å². The maximum atomic E-state index is 4.65. The van der Waals surface area contributed by atoms with Crippen molar-refractivity contribution in [1.29, 1.82) is 0 Å². The molecule has 0 fully saturated rings. The number of aryl methyl sites for hydroxylation is 2. The largest absolute Gasteiger partial charge is 0.342 e. The molecular weight excluding hydrogens is 464 g/mol. The number of H-pyrrole nitrogens is 2. The molecule has 0 amide bonds. The molecule has 0 spiro atoms. The molecular formula is C34H40N4. The Hall–Kier alpha value is -3.40. The highest BCUT2D eigenvalue weighted by atomic mass is 14.9. The summed E-state index contributed by atoms with van der Waals surface area (Å²) in [6.45, 7) is 8.74. The lowest BCUT2D eigenvalue weighted by atomic mass is 9.84. The molecule has 0 saturated carbocycles. The van der Waals surface area contributed by atoms with Crippen LogP contribution >= 0.6 is 0 Å². The van der Waals surface area contributed by atoms with Crippen molar-refractivity contribution in [2.24, 2.45) is 0 Å². The van der Waals surface area contributed by atoms with Crippen molar-refractivity contribution in [3.63, 3.8) is 0 Å². The first-order chi connectivity index (χ1) is 18.5. The highest BCUT2D eigenvalue weighted by molar-refractivity contribution is 6.12. The van der Waals surface area contributed by atoms with E-state index in [1.807, 2.05) is 12.4 Å². The third-order valence-corrected chi connectivity index (χ3v) is 8.35. The Labute approximate surface area is 226 Å². The summed E-state index contributed by atoms with van der Waals surface area (Å²) < 4.78 is 0. The molecule has 1 aliphatic carbocycles. The summed E-state index contributed by atoms with van der Waals surface area (Å²) >= 11 is 0. The monoisotopic (exact) mass is 504 g/mol. The number of aromatic amines is 2. The Kier molecular flexibility index (Phi) is 6.82. The van der Waals surface area contributed by atoms with Gasteiger partial charge >= 0.3 is 0 Å². The maximum Gasteiger partial charge on any atom is 0.109 e. The van der Waals surface area contributed by atoms with E-state index in [1.165, 1.54) is 71.2 Å². The van der Waals surface area contributed by atoms with Crippen molar-refractivity contribution >= 4 is 21.5 Å². The van der Waals surface area contributed by atoms with E-state index >= 15 is 0 Å². The molecule has 2 heterocycles. The van der Waals surface area contributed by atoms with E-state index in [1.54, 1.807) is 11.1 Å². The zero-order valence-electron chi connectivity index (χ0n) is 23.3. The smallest absolute Gasteiger partial charge is 0.109 e. The van der Waals surface area contributed by atoms with Crippen LogP contribution in [0.3, 0.4) is 0 Å². The summed E-state index contributed by atoms with van der Waals surface area (Å²) in [4.78, 5) is 16.4. The van der Waals surface area contributed by atoms with Crippen molar-refractivity contribution in [1.82, 2.24) is 19.9 Å². The van der Waals surface area contributed by atoms with Crippen LogP contribution in [0.25, 0.3) is 44.1 Å². The second-order valence-corrected chi connectivity index (χ2v) is 11.8. The summed E-state index contributed by atoms with van der Waals surface area (Å²) in [5, 5.41) is 5.56. The third kappa shape index (κ3) is 4.66. The summed E-state index contributed by atoms with van der Waals surface area (Å²) in [7, 11) is 0. The summed E-state index contributed by atoms with van der Waals surface area (Å²) in [6, 6.07) is 14.1. The lowest BCUT2D eigenvalue weighted by Crippen LogP contribution is -2.02. The normalized spacial score (nSPS) is 15.0. The molecule has 0 atom stereocenters.